The van der Waals surface area contributed by atoms with E-state index in [0.717, 1.165) is 41.5 Å². The minimum Gasteiger partial charge on any atom is -0.302 e. The maximum atomic E-state index is 13.5. The lowest BCUT2D eigenvalue weighted by Crippen LogP contribution is -2.41. The first-order valence-electron chi connectivity index (χ1n) is 12.9. The summed E-state index contributed by atoms with van der Waals surface area (Å²) >= 11 is 0. The van der Waals surface area contributed by atoms with E-state index < -0.39 is 0 Å². The van der Waals surface area contributed by atoms with E-state index in [1.165, 1.54) is 23.8 Å². The number of fused-ring (bicyclic) bond motifs is 2. The topological polar surface area (TPSA) is 78.0 Å². The minimum absolute atomic E-state index is 0.328. The number of nitrogens with zero attached hydrogens (tertiary/aromatic N) is 6. The average molecular weight is 495 g/mol. The maximum Gasteiger partial charge on any atom is 0.332 e. The Labute approximate surface area is 214 Å². The van der Waals surface area contributed by atoms with Crippen molar-refractivity contribution in [2.75, 3.05) is 19.6 Å². The molecule has 0 spiro atoms. The Balaban J connectivity index is 1.54. The quantitative estimate of drug-likeness (QED) is 0.360. The van der Waals surface area contributed by atoms with E-state index in [4.69, 9.17) is 5.10 Å². The van der Waals surface area contributed by atoms with Gasteiger partial charge >= 0.3 is 5.69 Å². The minimum atomic E-state index is -0.329. The van der Waals surface area contributed by atoms with Gasteiger partial charge < -0.3 is 4.90 Å². The Morgan fingerprint density at radius 3 is 2.43 bits per heavy atom. The highest BCUT2D eigenvalue weighted by atomic mass is 16.2. The number of piperidine rings is 1. The van der Waals surface area contributed by atoms with Crippen molar-refractivity contribution in [1.82, 2.24) is 28.8 Å². The Bertz CT molecular complexity index is 1690. The number of benzene rings is 2. The van der Waals surface area contributed by atoms with Crippen molar-refractivity contribution in [3.05, 3.63) is 93.4 Å². The second kappa shape index (κ2) is 9.78. The molecule has 0 bridgehead atoms. The largest absolute Gasteiger partial charge is 0.332 e. The lowest BCUT2D eigenvalue weighted by molar-refractivity contribution is 0.220. The van der Waals surface area contributed by atoms with Crippen molar-refractivity contribution >= 4 is 21.8 Å². The van der Waals surface area contributed by atoms with Crippen molar-refractivity contribution in [3.8, 4) is 11.3 Å². The van der Waals surface area contributed by atoms with Crippen molar-refractivity contribution in [1.29, 1.82) is 0 Å². The second-order valence-corrected chi connectivity index (χ2v) is 9.78. The highest BCUT2D eigenvalue weighted by molar-refractivity contribution is 5.91. The monoisotopic (exact) mass is 494 g/mol. The van der Waals surface area contributed by atoms with Gasteiger partial charge in [-0.05, 0) is 54.4 Å². The molecule has 188 valence electrons. The summed E-state index contributed by atoms with van der Waals surface area (Å²) in [6, 6.07) is 18.3. The molecule has 2 aromatic carbocycles. The van der Waals surface area contributed by atoms with E-state index >= 15 is 0 Å². The van der Waals surface area contributed by atoms with Gasteiger partial charge in [0.15, 0.2) is 5.65 Å². The first-order valence-corrected chi connectivity index (χ1v) is 12.9. The van der Waals surface area contributed by atoms with Crippen LogP contribution < -0.4 is 11.2 Å². The molecule has 5 aromatic rings. The van der Waals surface area contributed by atoms with Gasteiger partial charge in [0.2, 0.25) is 0 Å². The van der Waals surface area contributed by atoms with Crippen LogP contribution in [-0.2, 0) is 20.1 Å². The van der Waals surface area contributed by atoms with Crippen molar-refractivity contribution < 1.29 is 0 Å². The summed E-state index contributed by atoms with van der Waals surface area (Å²) < 4.78 is 4.77. The zero-order valence-corrected chi connectivity index (χ0v) is 21.0. The summed E-state index contributed by atoms with van der Waals surface area (Å²) in [6.45, 7) is 3.80. The van der Waals surface area contributed by atoms with Gasteiger partial charge in [-0.15, -0.1) is 0 Å². The number of pyridine rings is 1. The summed E-state index contributed by atoms with van der Waals surface area (Å²) in [5.74, 6) is 0. The van der Waals surface area contributed by atoms with E-state index in [2.05, 4.69) is 34.1 Å². The van der Waals surface area contributed by atoms with Gasteiger partial charge in [0.1, 0.15) is 5.39 Å². The number of likely N-dealkylation sites (tertiary alicyclic amines) is 1. The summed E-state index contributed by atoms with van der Waals surface area (Å²) in [4.78, 5) is 33.4. The van der Waals surface area contributed by atoms with E-state index in [0.29, 0.717) is 29.8 Å². The predicted molar refractivity (Wildman–Crippen MR) is 146 cm³/mol. The Kier molecular flexibility index (Phi) is 6.18. The van der Waals surface area contributed by atoms with Crippen LogP contribution >= 0.6 is 0 Å². The molecule has 37 heavy (non-hydrogen) atoms. The fourth-order valence-corrected chi connectivity index (χ4v) is 5.50. The average Bonchev–Trinajstić information content (AvgIpc) is 3.32. The second-order valence-electron chi connectivity index (χ2n) is 9.78. The van der Waals surface area contributed by atoms with Crippen LogP contribution in [0.2, 0.25) is 0 Å². The molecule has 0 unspecified atom stereocenters. The number of hydrogen-bond donors (Lipinski definition) is 0. The summed E-state index contributed by atoms with van der Waals surface area (Å²) in [6.07, 6.45) is 7.06. The van der Waals surface area contributed by atoms with E-state index in [9.17, 15) is 9.59 Å². The van der Waals surface area contributed by atoms with Crippen molar-refractivity contribution in [3.63, 3.8) is 0 Å². The Morgan fingerprint density at radius 1 is 0.865 bits per heavy atom. The molecule has 1 aliphatic heterocycles. The van der Waals surface area contributed by atoms with Crippen LogP contribution in [0.5, 0.6) is 0 Å². The number of hydrogen-bond acceptors (Lipinski definition) is 5. The fourth-order valence-electron chi connectivity index (χ4n) is 5.50. The highest BCUT2D eigenvalue weighted by Gasteiger charge is 2.23. The summed E-state index contributed by atoms with van der Waals surface area (Å²) in [5.41, 5.74) is 2.43. The molecule has 1 aliphatic rings. The molecular weight excluding hydrogens is 464 g/mol. The van der Waals surface area contributed by atoms with Crippen LogP contribution in [0.4, 0.5) is 0 Å². The Morgan fingerprint density at radius 2 is 1.62 bits per heavy atom. The molecule has 6 rings (SSSR count). The SMILES string of the molecule is Cn1c(=O)c2c(-c3ccncc3)n(Cc3cccc4ccccc34)nc2n(CCN2CCCCC2)c1=O. The van der Waals surface area contributed by atoms with Crippen molar-refractivity contribution in [2.24, 2.45) is 7.05 Å². The summed E-state index contributed by atoms with van der Waals surface area (Å²) in [5, 5.41) is 7.70. The lowest BCUT2D eigenvalue weighted by atomic mass is 10.0. The first kappa shape index (κ1) is 23.4. The zero-order chi connectivity index (χ0) is 25.4. The highest BCUT2D eigenvalue weighted by Crippen LogP contribution is 2.28. The molecule has 0 saturated carbocycles. The van der Waals surface area contributed by atoms with Gasteiger partial charge in [-0.2, -0.15) is 5.10 Å². The van der Waals surface area contributed by atoms with Gasteiger partial charge in [0.05, 0.1) is 12.2 Å². The van der Waals surface area contributed by atoms with Crippen LogP contribution in [0, 0.1) is 0 Å². The van der Waals surface area contributed by atoms with Crippen LogP contribution in [0.15, 0.2) is 76.6 Å². The van der Waals surface area contributed by atoms with Crippen molar-refractivity contribution in [2.45, 2.75) is 32.4 Å². The third-order valence-corrected chi connectivity index (χ3v) is 7.47. The smallest absolute Gasteiger partial charge is 0.302 e. The molecule has 1 saturated heterocycles. The molecule has 8 heteroatoms. The zero-order valence-electron chi connectivity index (χ0n) is 21.0. The van der Waals surface area contributed by atoms with Crippen LogP contribution in [0.25, 0.3) is 33.1 Å². The third kappa shape index (κ3) is 4.27. The molecule has 1 fully saturated rings. The molecule has 3 aromatic heterocycles. The first-order chi connectivity index (χ1) is 18.1. The standard InChI is InChI=1S/C29H30N6O2/c1-32-28(36)25-26(22-12-14-30-15-13-22)35(20-23-10-7-9-21-8-3-4-11-24(21)23)31-27(25)34(29(32)37)19-18-33-16-5-2-6-17-33/h3-4,7-15H,2,5-6,16-20H2,1H3. The maximum absolute atomic E-state index is 13.5. The van der Waals surface area contributed by atoms with E-state index in [1.54, 1.807) is 24.0 Å². The molecule has 0 radical (unpaired) electrons. The van der Waals surface area contributed by atoms with Crippen LogP contribution in [-0.4, -0.2) is 48.4 Å². The van der Waals surface area contributed by atoms with Crippen LogP contribution in [0.1, 0.15) is 24.8 Å². The molecule has 0 amide bonds. The molecule has 0 N–H and O–H groups in total. The van der Waals surface area contributed by atoms with Gasteiger partial charge in [-0.3, -0.25) is 23.6 Å². The molecule has 8 nitrogen and oxygen atoms in total. The fraction of sp³-hybridized carbons (Fsp3) is 0.310. The van der Waals surface area contributed by atoms with Gasteiger partial charge in [0, 0.05) is 38.1 Å². The van der Waals surface area contributed by atoms with Gasteiger partial charge in [-0.25, -0.2) is 4.79 Å². The van der Waals surface area contributed by atoms with E-state index in [-0.39, 0.29) is 11.2 Å². The normalized spacial score (nSPS) is 14.5. The third-order valence-electron chi connectivity index (χ3n) is 7.47. The molecule has 0 atom stereocenters. The van der Waals surface area contributed by atoms with E-state index in [1.807, 2.05) is 35.0 Å². The molecule has 0 aliphatic carbocycles. The predicted octanol–water partition coefficient (Wildman–Crippen LogP) is 3.65. The van der Waals surface area contributed by atoms with Gasteiger partial charge in [0.25, 0.3) is 5.56 Å². The lowest BCUT2D eigenvalue weighted by Gasteiger charge is -2.26. The number of rotatable bonds is 6. The Hall–Kier alpha value is -4.04. The molecular formula is C29H30N6O2. The van der Waals surface area contributed by atoms with Crippen LogP contribution in [0.3, 0.4) is 0 Å². The number of aromatic nitrogens is 5. The summed E-state index contributed by atoms with van der Waals surface area (Å²) in [7, 11) is 1.56. The molecule has 4 heterocycles. The van der Waals surface area contributed by atoms with Gasteiger partial charge in [-0.1, -0.05) is 48.9 Å².